The molecule has 1 atom stereocenters. The molecule has 1 saturated heterocycles. The van der Waals surface area contributed by atoms with Crippen LogP contribution in [0.2, 0.25) is 0 Å². The van der Waals surface area contributed by atoms with Crippen LogP contribution in [0.1, 0.15) is 34.8 Å². The molecule has 146 valence electrons. The maximum absolute atomic E-state index is 13.1. The van der Waals surface area contributed by atoms with Crippen LogP contribution >= 0.6 is 0 Å². The van der Waals surface area contributed by atoms with Crippen LogP contribution in [0.25, 0.3) is 0 Å². The summed E-state index contributed by atoms with van der Waals surface area (Å²) in [6.07, 6.45) is 2.73. The highest BCUT2D eigenvalue weighted by Crippen LogP contribution is 2.24. The van der Waals surface area contributed by atoms with Gasteiger partial charge in [0.1, 0.15) is 5.82 Å². The zero-order valence-corrected chi connectivity index (χ0v) is 15.6. The summed E-state index contributed by atoms with van der Waals surface area (Å²) in [5.74, 6) is -0.254. The summed E-state index contributed by atoms with van der Waals surface area (Å²) in [4.78, 5) is 14.9. The number of benzene rings is 2. The fourth-order valence-corrected chi connectivity index (χ4v) is 3.54. The highest BCUT2D eigenvalue weighted by molar-refractivity contribution is 5.97. The van der Waals surface area contributed by atoms with Crippen molar-refractivity contribution >= 4 is 12.1 Å². The number of piperidine rings is 1. The predicted molar refractivity (Wildman–Crippen MR) is 106 cm³/mol. The van der Waals surface area contributed by atoms with Gasteiger partial charge in [0, 0.05) is 18.0 Å². The van der Waals surface area contributed by atoms with Crippen LogP contribution < -0.4 is 5.43 Å². The van der Waals surface area contributed by atoms with Gasteiger partial charge in [-0.15, -0.1) is 5.11 Å². The number of hydrogen-bond donors (Lipinski definition) is 2. The van der Waals surface area contributed by atoms with Crippen molar-refractivity contribution in [1.82, 2.24) is 10.3 Å². The van der Waals surface area contributed by atoms with Crippen molar-refractivity contribution in [3.8, 4) is 0 Å². The highest BCUT2D eigenvalue weighted by atomic mass is 19.1. The lowest BCUT2D eigenvalue weighted by molar-refractivity contribution is 0.0832. The first-order valence-electron chi connectivity index (χ1n) is 9.38. The van der Waals surface area contributed by atoms with Gasteiger partial charge < -0.3 is 4.90 Å². The van der Waals surface area contributed by atoms with E-state index in [9.17, 15) is 9.18 Å². The maximum Gasteiger partial charge on any atom is 0.166 e. The molecule has 1 fully saturated rings. The molecule has 6 nitrogen and oxygen atoms in total. The van der Waals surface area contributed by atoms with E-state index < -0.39 is 0 Å². The summed E-state index contributed by atoms with van der Waals surface area (Å²) in [5.41, 5.74) is 11.6. The van der Waals surface area contributed by atoms with E-state index in [1.54, 1.807) is 12.1 Å². The molecular formula is C21H24FN5O. The van der Waals surface area contributed by atoms with Crippen LogP contribution in [0, 0.1) is 17.3 Å². The summed E-state index contributed by atoms with van der Waals surface area (Å²) in [6, 6.07) is 15.8. The second-order valence-electron chi connectivity index (χ2n) is 6.91. The number of likely N-dealkylation sites (tertiary alicyclic amines) is 1. The normalized spacial score (nSPS) is 16.8. The first kappa shape index (κ1) is 19.8. The fraction of sp³-hybridized carbons (Fsp3) is 0.333. The van der Waals surface area contributed by atoms with Crippen LogP contribution in [0.4, 0.5) is 4.39 Å². The Morgan fingerprint density at radius 1 is 1.18 bits per heavy atom. The Labute approximate surface area is 164 Å². The second kappa shape index (κ2) is 9.85. The molecule has 1 aliphatic heterocycles. The number of Topliss-reactive ketones (excluding diaryl/α,β-unsaturated/α-hetero) is 1. The Bertz CT molecular complexity index is 801. The largest absolute Gasteiger partial charge is 0.301 e. The number of nitrogens with one attached hydrogen (secondary N) is 2. The number of hydrogen-bond acceptors (Lipinski definition) is 5. The fourth-order valence-electron chi connectivity index (χ4n) is 3.54. The number of nitrogens with zero attached hydrogens (tertiary/aromatic N) is 3. The van der Waals surface area contributed by atoms with E-state index in [1.165, 1.54) is 18.5 Å². The molecule has 0 aliphatic carbocycles. The molecule has 2 aromatic rings. The van der Waals surface area contributed by atoms with E-state index in [2.05, 4.69) is 20.5 Å². The number of carbonyl (C=O) groups excluding carboxylic acids is 1. The van der Waals surface area contributed by atoms with Gasteiger partial charge in [0.05, 0.1) is 6.04 Å². The van der Waals surface area contributed by atoms with Crippen molar-refractivity contribution in [1.29, 1.82) is 5.53 Å². The van der Waals surface area contributed by atoms with Crippen LogP contribution in [0.3, 0.4) is 0 Å². The van der Waals surface area contributed by atoms with Crippen molar-refractivity contribution in [3.05, 3.63) is 71.5 Å². The van der Waals surface area contributed by atoms with Gasteiger partial charge in [-0.25, -0.2) is 9.92 Å². The van der Waals surface area contributed by atoms with Crippen LogP contribution in [0.5, 0.6) is 0 Å². The second-order valence-corrected chi connectivity index (χ2v) is 6.91. The molecule has 28 heavy (non-hydrogen) atoms. The summed E-state index contributed by atoms with van der Waals surface area (Å²) in [6.45, 7) is 2.38. The van der Waals surface area contributed by atoms with E-state index in [0.717, 1.165) is 38.0 Å². The quantitative estimate of drug-likeness (QED) is 0.238. The Kier molecular flexibility index (Phi) is 6.97. The third kappa shape index (κ3) is 5.29. The van der Waals surface area contributed by atoms with Crippen LogP contribution in [-0.4, -0.2) is 36.7 Å². The van der Waals surface area contributed by atoms with E-state index >= 15 is 0 Å². The number of carbonyl (C=O) groups is 1. The van der Waals surface area contributed by atoms with Gasteiger partial charge in [0.2, 0.25) is 0 Å². The van der Waals surface area contributed by atoms with Gasteiger partial charge in [-0.2, -0.15) is 5.10 Å². The summed E-state index contributed by atoms with van der Waals surface area (Å²) in [5, 5.41) is 7.11. The minimum absolute atomic E-state index is 0.0232. The van der Waals surface area contributed by atoms with Crippen molar-refractivity contribution in [2.75, 3.05) is 19.6 Å². The minimum Gasteiger partial charge on any atom is -0.301 e. The number of rotatable bonds is 8. The molecule has 7 heteroatoms. The van der Waals surface area contributed by atoms with Gasteiger partial charge in [-0.3, -0.25) is 10.2 Å². The Balaban J connectivity index is 1.58. The lowest BCUT2D eigenvalue weighted by atomic mass is 9.88. The van der Waals surface area contributed by atoms with Crippen molar-refractivity contribution in [2.45, 2.75) is 18.9 Å². The van der Waals surface area contributed by atoms with Gasteiger partial charge in [-0.1, -0.05) is 30.3 Å². The first-order chi connectivity index (χ1) is 13.7. The molecule has 3 rings (SSSR count). The third-order valence-electron chi connectivity index (χ3n) is 5.08. The molecule has 1 unspecified atom stereocenters. The van der Waals surface area contributed by atoms with Gasteiger partial charge in [-0.05, 0) is 55.8 Å². The molecule has 0 radical (unpaired) electrons. The standard InChI is InChI=1S/C21H24FN5O/c22-19-8-6-17(7-9-19)21(28)18-10-12-27(13-11-18)14-20(26-25-15-24-23)16-4-2-1-3-5-16/h1-9,15,18,20,23,26H,10-14H2/b24-23?,25-15-. The van der Waals surface area contributed by atoms with E-state index in [4.69, 9.17) is 5.53 Å². The van der Waals surface area contributed by atoms with Crippen LogP contribution in [0.15, 0.2) is 64.8 Å². The van der Waals surface area contributed by atoms with Gasteiger partial charge in [0.15, 0.2) is 12.1 Å². The molecule has 0 amide bonds. The first-order valence-corrected chi connectivity index (χ1v) is 9.38. The number of halogens is 1. The number of ketones is 1. The van der Waals surface area contributed by atoms with E-state index in [-0.39, 0.29) is 23.6 Å². The van der Waals surface area contributed by atoms with Crippen molar-refractivity contribution < 1.29 is 9.18 Å². The summed E-state index contributed by atoms with van der Waals surface area (Å²) >= 11 is 0. The monoisotopic (exact) mass is 381 g/mol. The minimum atomic E-state index is -0.327. The van der Waals surface area contributed by atoms with E-state index in [0.29, 0.717) is 5.56 Å². The molecule has 0 saturated carbocycles. The maximum atomic E-state index is 13.1. The molecule has 2 N–H and O–H groups in total. The topological polar surface area (TPSA) is 80.9 Å². The Morgan fingerprint density at radius 3 is 2.50 bits per heavy atom. The average molecular weight is 381 g/mol. The smallest absolute Gasteiger partial charge is 0.166 e. The SMILES string of the molecule is N=N/C=N\NC(CN1CCC(C(=O)c2ccc(F)cc2)CC1)c1ccccc1. The molecule has 2 aromatic carbocycles. The van der Waals surface area contributed by atoms with Crippen molar-refractivity contribution in [2.24, 2.45) is 16.1 Å². The molecule has 1 heterocycles. The molecule has 0 aromatic heterocycles. The highest BCUT2D eigenvalue weighted by Gasteiger charge is 2.27. The predicted octanol–water partition coefficient (Wildman–Crippen LogP) is 4.03. The third-order valence-corrected chi connectivity index (χ3v) is 5.08. The van der Waals surface area contributed by atoms with Gasteiger partial charge in [0.25, 0.3) is 0 Å². The molecule has 0 bridgehead atoms. The molecular weight excluding hydrogens is 357 g/mol. The lowest BCUT2D eigenvalue weighted by Gasteiger charge is -2.33. The zero-order chi connectivity index (χ0) is 19.8. The zero-order valence-electron chi connectivity index (χ0n) is 15.6. The molecule has 1 aliphatic rings. The average Bonchev–Trinajstić information content (AvgIpc) is 2.74. The summed E-state index contributed by atoms with van der Waals surface area (Å²) < 4.78 is 13.1. The van der Waals surface area contributed by atoms with Crippen molar-refractivity contribution in [3.63, 3.8) is 0 Å². The lowest BCUT2D eigenvalue weighted by Crippen LogP contribution is -2.40. The summed E-state index contributed by atoms with van der Waals surface area (Å²) in [7, 11) is 0. The van der Waals surface area contributed by atoms with Crippen LogP contribution in [-0.2, 0) is 0 Å². The molecule has 0 spiro atoms. The number of hydrazone groups is 1. The Morgan fingerprint density at radius 2 is 1.86 bits per heavy atom. The van der Waals surface area contributed by atoms with Gasteiger partial charge >= 0.3 is 0 Å². The van der Waals surface area contributed by atoms with E-state index in [1.807, 2.05) is 30.3 Å². The Hall–Kier alpha value is -2.93.